The number of hydrogen-bond acceptors (Lipinski definition) is 2. The zero-order valence-corrected chi connectivity index (χ0v) is 10.9. The molecule has 0 aliphatic rings. The van der Waals surface area contributed by atoms with Gasteiger partial charge in [-0.2, -0.15) is 0 Å². The Balaban J connectivity index is 3.69. The summed E-state index contributed by atoms with van der Waals surface area (Å²) in [5.41, 5.74) is 0.588. The third kappa shape index (κ3) is 2.74. The number of hydrogen-bond donors (Lipinski definition) is 0. The predicted molar refractivity (Wildman–Crippen MR) is 74.3 cm³/mol. The highest BCUT2D eigenvalue weighted by molar-refractivity contribution is 6.13. The van der Waals surface area contributed by atoms with Crippen LogP contribution in [0.2, 0.25) is 0 Å². The molecule has 0 bridgehead atoms. The fourth-order valence-electron chi connectivity index (χ4n) is 1.88. The molecule has 0 aliphatic carbocycles. The summed E-state index contributed by atoms with van der Waals surface area (Å²) in [6, 6.07) is 5.51. The zero-order chi connectivity index (χ0) is 13.7. The lowest BCUT2D eigenvalue weighted by Crippen LogP contribution is -2.40. The van der Waals surface area contributed by atoms with Crippen molar-refractivity contribution in [2.45, 2.75) is 20.8 Å². The fourth-order valence-corrected chi connectivity index (χ4v) is 1.88. The Bertz CT molecular complexity index is 585. The molecular weight excluding hydrogens is 226 g/mol. The van der Waals surface area contributed by atoms with Crippen LogP contribution in [-0.4, -0.2) is 11.8 Å². The summed E-state index contributed by atoms with van der Waals surface area (Å²) in [5, 5.41) is 1.78. The molecule has 0 fully saturated rings. The van der Waals surface area contributed by atoms with Crippen LogP contribution in [0.3, 0.4) is 0 Å². The molecule has 18 heavy (non-hydrogen) atoms. The van der Waals surface area contributed by atoms with Crippen LogP contribution >= 0.6 is 0 Å². The molecule has 0 aliphatic heterocycles. The first-order chi connectivity index (χ1) is 8.52. The molecule has 3 nitrogen and oxygen atoms in total. The van der Waals surface area contributed by atoms with Crippen LogP contribution in [-0.2, 0) is 9.59 Å². The van der Waals surface area contributed by atoms with Crippen LogP contribution in [0, 0.1) is 0 Å². The monoisotopic (exact) mass is 243 g/mol. The van der Waals surface area contributed by atoms with Crippen molar-refractivity contribution in [3.63, 3.8) is 0 Å². The summed E-state index contributed by atoms with van der Waals surface area (Å²) in [4.78, 5) is 24.4. The molecule has 0 N–H and O–H groups in total. The van der Waals surface area contributed by atoms with E-state index < -0.39 is 0 Å². The van der Waals surface area contributed by atoms with Gasteiger partial charge in [0.05, 0.1) is 5.69 Å². The molecule has 94 valence electrons. The van der Waals surface area contributed by atoms with Crippen LogP contribution in [0.25, 0.3) is 12.2 Å². The smallest absolute Gasteiger partial charge is 0.230 e. The van der Waals surface area contributed by atoms with Gasteiger partial charge in [-0.15, -0.1) is 0 Å². The Morgan fingerprint density at radius 1 is 1.22 bits per heavy atom. The maximum absolute atomic E-state index is 11.6. The minimum absolute atomic E-state index is 0.297. The van der Waals surface area contributed by atoms with Gasteiger partial charge in [-0.3, -0.25) is 14.5 Å². The van der Waals surface area contributed by atoms with Gasteiger partial charge in [0, 0.05) is 19.1 Å². The van der Waals surface area contributed by atoms with Gasteiger partial charge in [0.25, 0.3) is 0 Å². The molecule has 0 aromatic heterocycles. The number of imide groups is 1. The minimum atomic E-state index is -0.297. The number of rotatable bonds is 2. The number of carbonyl (C=O) groups excluding carboxylic acids is 2. The summed E-state index contributed by atoms with van der Waals surface area (Å²) >= 11 is 0. The third-order valence-electron chi connectivity index (χ3n) is 2.58. The van der Waals surface area contributed by atoms with E-state index in [4.69, 9.17) is 0 Å². The van der Waals surface area contributed by atoms with Crippen molar-refractivity contribution >= 4 is 29.7 Å². The third-order valence-corrected chi connectivity index (χ3v) is 2.58. The molecule has 0 spiro atoms. The molecule has 0 atom stereocenters. The van der Waals surface area contributed by atoms with Gasteiger partial charge in [-0.25, -0.2) is 0 Å². The number of anilines is 1. The summed E-state index contributed by atoms with van der Waals surface area (Å²) in [6.07, 6.45) is 5.37. The van der Waals surface area contributed by atoms with Gasteiger partial charge in [0.2, 0.25) is 11.8 Å². The maximum Gasteiger partial charge on any atom is 0.230 e. The highest BCUT2D eigenvalue weighted by Gasteiger charge is 2.16. The van der Waals surface area contributed by atoms with Crippen LogP contribution in [0.1, 0.15) is 20.8 Å². The number of benzene rings is 1. The Kier molecular flexibility index (Phi) is 4.60. The fraction of sp³-hybridized carbons (Fsp3) is 0.200. The van der Waals surface area contributed by atoms with Crippen molar-refractivity contribution in [2.24, 2.45) is 0 Å². The number of amides is 2. The van der Waals surface area contributed by atoms with E-state index in [1.165, 1.54) is 18.7 Å². The van der Waals surface area contributed by atoms with Gasteiger partial charge < -0.3 is 0 Å². The molecule has 2 amide bonds. The number of carbonyl (C=O) groups is 2. The van der Waals surface area contributed by atoms with Crippen LogP contribution in [0.15, 0.2) is 30.9 Å². The summed E-state index contributed by atoms with van der Waals surface area (Å²) < 4.78 is 0. The summed E-state index contributed by atoms with van der Waals surface area (Å²) in [6.45, 7) is 8.32. The van der Waals surface area contributed by atoms with E-state index in [2.05, 4.69) is 6.58 Å². The van der Waals surface area contributed by atoms with Gasteiger partial charge in [0.1, 0.15) is 0 Å². The van der Waals surface area contributed by atoms with Crippen molar-refractivity contribution in [2.75, 3.05) is 4.90 Å². The SMILES string of the molecule is C=C/C=c1/c(N(C(C)=O)C(C)=O)ccc/c1=C/C. The normalized spacial score (nSPS) is 12.4. The lowest BCUT2D eigenvalue weighted by molar-refractivity contribution is -0.124. The molecular formula is C15H17NO2. The topological polar surface area (TPSA) is 37.4 Å². The van der Waals surface area contributed by atoms with Crippen LogP contribution in [0.4, 0.5) is 5.69 Å². The lowest BCUT2D eigenvalue weighted by Gasteiger charge is -2.18. The van der Waals surface area contributed by atoms with Crippen molar-refractivity contribution in [3.05, 3.63) is 41.3 Å². The first-order valence-electron chi connectivity index (χ1n) is 5.72. The van der Waals surface area contributed by atoms with Gasteiger partial charge in [-0.1, -0.05) is 36.9 Å². The van der Waals surface area contributed by atoms with E-state index >= 15 is 0 Å². The van der Waals surface area contributed by atoms with Crippen molar-refractivity contribution in [1.29, 1.82) is 0 Å². The van der Waals surface area contributed by atoms with Gasteiger partial charge in [0.15, 0.2) is 0 Å². The van der Waals surface area contributed by atoms with Gasteiger partial charge in [-0.05, 0) is 18.2 Å². The standard InChI is InChI=1S/C15H17NO2/c1-5-8-14-13(6-2)9-7-10-15(14)16(11(3)17)12(4)18/h5-10H,1H2,2-4H3/b13-6-,14-8+. The van der Waals surface area contributed by atoms with Crippen molar-refractivity contribution in [3.8, 4) is 0 Å². The second-order valence-corrected chi connectivity index (χ2v) is 3.84. The highest BCUT2D eigenvalue weighted by atomic mass is 16.2. The molecule has 1 rings (SSSR count). The number of allylic oxidation sites excluding steroid dienone is 1. The van der Waals surface area contributed by atoms with Crippen molar-refractivity contribution < 1.29 is 9.59 Å². The molecule has 0 radical (unpaired) electrons. The quantitative estimate of drug-likeness (QED) is 0.786. The molecule has 0 saturated carbocycles. The van der Waals surface area contributed by atoms with Crippen LogP contribution in [0.5, 0.6) is 0 Å². The molecule has 0 heterocycles. The number of nitrogens with zero attached hydrogens (tertiary/aromatic N) is 1. The first kappa shape index (κ1) is 13.9. The minimum Gasteiger partial charge on any atom is -0.274 e. The average molecular weight is 243 g/mol. The highest BCUT2D eigenvalue weighted by Crippen LogP contribution is 2.07. The van der Waals surface area contributed by atoms with E-state index in [9.17, 15) is 9.59 Å². The molecule has 0 unspecified atom stereocenters. The van der Waals surface area contributed by atoms with E-state index in [0.29, 0.717) is 5.69 Å². The van der Waals surface area contributed by atoms with Gasteiger partial charge >= 0.3 is 0 Å². The Morgan fingerprint density at radius 3 is 2.28 bits per heavy atom. The second kappa shape index (κ2) is 5.96. The summed E-state index contributed by atoms with van der Waals surface area (Å²) in [7, 11) is 0. The Hall–Kier alpha value is -2.16. The van der Waals surface area contributed by atoms with Crippen molar-refractivity contribution in [1.82, 2.24) is 0 Å². The summed E-state index contributed by atoms with van der Waals surface area (Å²) in [5.74, 6) is -0.594. The molecule has 3 heteroatoms. The molecule has 1 aromatic rings. The Labute approximate surface area is 107 Å². The predicted octanol–water partition coefficient (Wildman–Crippen LogP) is 1.35. The zero-order valence-electron chi connectivity index (χ0n) is 10.9. The van der Waals surface area contributed by atoms with E-state index in [1.54, 1.807) is 18.2 Å². The Morgan fingerprint density at radius 2 is 1.83 bits per heavy atom. The largest absolute Gasteiger partial charge is 0.274 e. The first-order valence-corrected chi connectivity index (χ1v) is 5.72. The molecule has 0 saturated heterocycles. The lowest BCUT2D eigenvalue weighted by atomic mass is 10.1. The van der Waals surface area contributed by atoms with E-state index in [0.717, 1.165) is 10.4 Å². The van der Waals surface area contributed by atoms with E-state index in [-0.39, 0.29) is 11.8 Å². The second-order valence-electron chi connectivity index (χ2n) is 3.84. The van der Waals surface area contributed by atoms with Crippen LogP contribution < -0.4 is 15.3 Å². The molecule has 1 aromatic carbocycles. The maximum atomic E-state index is 11.6. The van der Waals surface area contributed by atoms with E-state index in [1.807, 2.05) is 25.1 Å². The average Bonchev–Trinajstić information content (AvgIpc) is 2.30.